The van der Waals surface area contributed by atoms with Gasteiger partial charge in [0, 0.05) is 12.7 Å². The molecule has 1 aromatic heterocycles. The molecule has 100 valence electrons. The second-order valence-electron chi connectivity index (χ2n) is 4.13. The van der Waals surface area contributed by atoms with Gasteiger partial charge in [-0.2, -0.15) is 5.10 Å². The molecule has 0 aliphatic carbocycles. The number of hydrogen-bond acceptors (Lipinski definition) is 4. The van der Waals surface area contributed by atoms with Gasteiger partial charge in [-0.3, -0.25) is 4.68 Å². The molecule has 2 N–H and O–H groups in total. The molecule has 0 spiro atoms. The van der Waals surface area contributed by atoms with Crippen LogP contribution in [0.5, 0.6) is 0 Å². The number of nitrogens with zero attached hydrogens (tertiary/aromatic N) is 2. The maximum atomic E-state index is 11.9. The third kappa shape index (κ3) is 2.78. The van der Waals surface area contributed by atoms with Crippen molar-refractivity contribution >= 4 is 27.6 Å². The van der Waals surface area contributed by atoms with E-state index in [4.69, 9.17) is 10.5 Å². The molecule has 0 aliphatic rings. The van der Waals surface area contributed by atoms with E-state index < -0.39 is 5.97 Å². The molecule has 6 heteroatoms. The lowest BCUT2D eigenvalue weighted by Crippen LogP contribution is -2.10. The molecule has 0 atom stereocenters. The summed E-state index contributed by atoms with van der Waals surface area (Å²) in [5.41, 5.74) is 8.17. The standard InChI is InChI=1S/C13H14BrN3O2/c1-8-12(14)11(17(2)16-8)7-19-13(18)9-5-3-4-6-10(9)15/h3-6H,7,15H2,1-2H3. The lowest BCUT2D eigenvalue weighted by molar-refractivity contribution is 0.0464. The Morgan fingerprint density at radius 2 is 2.16 bits per heavy atom. The van der Waals surface area contributed by atoms with Gasteiger partial charge >= 0.3 is 5.97 Å². The zero-order chi connectivity index (χ0) is 14.0. The SMILES string of the molecule is Cc1nn(C)c(COC(=O)c2ccccc2N)c1Br. The normalized spacial score (nSPS) is 10.5. The Morgan fingerprint density at radius 1 is 1.47 bits per heavy atom. The van der Waals surface area contributed by atoms with Crippen LogP contribution in [0.4, 0.5) is 5.69 Å². The maximum Gasteiger partial charge on any atom is 0.340 e. The molecule has 0 radical (unpaired) electrons. The highest BCUT2D eigenvalue weighted by molar-refractivity contribution is 9.10. The number of benzene rings is 1. The topological polar surface area (TPSA) is 70.1 Å². The van der Waals surface area contributed by atoms with Crippen molar-refractivity contribution in [1.82, 2.24) is 9.78 Å². The van der Waals surface area contributed by atoms with E-state index in [1.54, 1.807) is 36.0 Å². The summed E-state index contributed by atoms with van der Waals surface area (Å²) in [6.07, 6.45) is 0. The fourth-order valence-electron chi connectivity index (χ4n) is 1.73. The van der Waals surface area contributed by atoms with E-state index in [1.165, 1.54) is 0 Å². The van der Waals surface area contributed by atoms with E-state index in [1.807, 2.05) is 6.92 Å². The highest BCUT2D eigenvalue weighted by Gasteiger charge is 2.15. The minimum absolute atomic E-state index is 0.144. The Hall–Kier alpha value is -1.82. The second kappa shape index (κ2) is 5.44. The molecule has 2 rings (SSSR count). The molecule has 1 aromatic carbocycles. The average molecular weight is 324 g/mol. The van der Waals surface area contributed by atoms with Crippen LogP contribution in [0.1, 0.15) is 21.7 Å². The van der Waals surface area contributed by atoms with Crippen LogP contribution in [-0.2, 0) is 18.4 Å². The number of hydrogen-bond donors (Lipinski definition) is 1. The van der Waals surface area contributed by atoms with Crippen LogP contribution in [0, 0.1) is 6.92 Å². The van der Waals surface area contributed by atoms with Crippen molar-refractivity contribution in [2.45, 2.75) is 13.5 Å². The van der Waals surface area contributed by atoms with Crippen molar-refractivity contribution < 1.29 is 9.53 Å². The van der Waals surface area contributed by atoms with Gasteiger partial charge in [0.15, 0.2) is 0 Å². The van der Waals surface area contributed by atoms with E-state index in [0.29, 0.717) is 11.3 Å². The van der Waals surface area contributed by atoms with Gasteiger partial charge in [-0.05, 0) is 35.0 Å². The number of carbonyl (C=O) groups excluding carboxylic acids is 1. The lowest BCUT2D eigenvalue weighted by atomic mass is 10.2. The first-order valence-corrected chi connectivity index (χ1v) is 6.49. The van der Waals surface area contributed by atoms with Gasteiger partial charge in [-0.25, -0.2) is 4.79 Å². The van der Waals surface area contributed by atoms with Gasteiger partial charge in [0.1, 0.15) is 6.61 Å². The number of halogens is 1. The number of aryl methyl sites for hydroxylation is 2. The molecule has 0 fully saturated rings. The summed E-state index contributed by atoms with van der Waals surface area (Å²) in [5.74, 6) is -0.441. The van der Waals surface area contributed by atoms with Crippen LogP contribution in [0.3, 0.4) is 0 Å². The second-order valence-corrected chi connectivity index (χ2v) is 4.93. The zero-order valence-electron chi connectivity index (χ0n) is 10.7. The van der Waals surface area contributed by atoms with Crippen molar-refractivity contribution in [2.75, 3.05) is 5.73 Å². The summed E-state index contributed by atoms with van der Waals surface area (Å²) < 4.78 is 7.79. The molecule has 0 saturated heterocycles. The molecule has 2 aromatic rings. The van der Waals surface area contributed by atoms with E-state index in [2.05, 4.69) is 21.0 Å². The number of para-hydroxylation sites is 1. The van der Waals surface area contributed by atoms with Gasteiger partial charge in [0.25, 0.3) is 0 Å². The number of ether oxygens (including phenoxy) is 1. The molecular weight excluding hydrogens is 310 g/mol. The number of esters is 1. The molecular formula is C13H14BrN3O2. The van der Waals surface area contributed by atoms with E-state index >= 15 is 0 Å². The Bertz CT molecular complexity index is 622. The zero-order valence-corrected chi connectivity index (χ0v) is 12.3. The van der Waals surface area contributed by atoms with Crippen LogP contribution in [0.25, 0.3) is 0 Å². The Balaban J connectivity index is 2.11. The van der Waals surface area contributed by atoms with Crippen LogP contribution < -0.4 is 5.73 Å². The lowest BCUT2D eigenvalue weighted by Gasteiger charge is -2.07. The van der Waals surface area contributed by atoms with E-state index in [-0.39, 0.29) is 6.61 Å². The number of aromatic nitrogens is 2. The number of carbonyl (C=O) groups is 1. The van der Waals surface area contributed by atoms with Crippen LogP contribution in [-0.4, -0.2) is 15.7 Å². The first-order chi connectivity index (χ1) is 9.00. The maximum absolute atomic E-state index is 11.9. The van der Waals surface area contributed by atoms with Gasteiger partial charge in [-0.15, -0.1) is 0 Å². The highest BCUT2D eigenvalue weighted by atomic mass is 79.9. The Labute approximate surface area is 119 Å². The molecule has 0 saturated carbocycles. The van der Waals surface area contributed by atoms with E-state index in [0.717, 1.165) is 15.9 Å². The summed E-state index contributed by atoms with van der Waals surface area (Å²) in [4.78, 5) is 11.9. The summed E-state index contributed by atoms with van der Waals surface area (Å²) in [7, 11) is 1.80. The monoisotopic (exact) mass is 323 g/mol. The number of nitrogens with two attached hydrogens (primary N) is 1. The molecule has 0 unspecified atom stereocenters. The van der Waals surface area contributed by atoms with Gasteiger partial charge < -0.3 is 10.5 Å². The molecule has 1 heterocycles. The van der Waals surface area contributed by atoms with Crippen LogP contribution in [0.2, 0.25) is 0 Å². The largest absolute Gasteiger partial charge is 0.455 e. The molecule has 5 nitrogen and oxygen atoms in total. The Kier molecular flexibility index (Phi) is 3.90. The first kappa shape index (κ1) is 13.6. The van der Waals surface area contributed by atoms with Crippen molar-refractivity contribution in [3.05, 3.63) is 45.7 Å². The molecule has 0 aliphatic heterocycles. The first-order valence-electron chi connectivity index (χ1n) is 5.70. The predicted molar refractivity (Wildman–Crippen MR) is 75.6 cm³/mol. The third-order valence-corrected chi connectivity index (χ3v) is 3.81. The minimum atomic E-state index is -0.441. The third-order valence-electron chi connectivity index (χ3n) is 2.78. The van der Waals surface area contributed by atoms with E-state index in [9.17, 15) is 4.79 Å². The van der Waals surface area contributed by atoms with Gasteiger partial charge in [0.2, 0.25) is 0 Å². The summed E-state index contributed by atoms with van der Waals surface area (Å²) in [6.45, 7) is 2.02. The van der Waals surface area contributed by atoms with Crippen molar-refractivity contribution in [3.8, 4) is 0 Å². The molecule has 19 heavy (non-hydrogen) atoms. The Morgan fingerprint density at radius 3 is 2.74 bits per heavy atom. The number of nitrogen functional groups attached to an aromatic ring is 1. The van der Waals surface area contributed by atoms with Gasteiger partial charge in [0.05, 0.1) is 21.4 Å². The van der Waals surface area contributed by atoms with Crippen LogP contribution in [0.15, 0.2) is 28.7 Å². The summed E-state index contributed by atoms with van der Waals surface area (Å²) >= 11 is 3.42. The summed E-state index contributed by atoms with van der Waals surface area (Å²) in [6, 6.07) is 6.83. The smallest absolute Gasteiger partial charge is 0.340 e. The number of anilines is 1. The predicted octanol–water partition coefficient (Wildman–Crippen LogP) is 2.43. The van der Waals surface area contributed by atoms with Gasteiger partial charge in [-0.1, -0.05) is 12.1 Å². The quantitative estimate of drug-likeness (QED) is 0.695. The van der Waals surface area contributed by atoms with Crippen molar-refractivity contribution in [2.24, 2.45) is 7.05 Å². The van der Waals surface area contributed by atoms with Crippen molar-refractivity contribution in [3.63, 3.8) is 0 Å². The number of rotatable bonds is 3. The summed E-state index contributed by atoms with van der Waals surface area (Å²) in [5, 5.41) is 4.23. The molecule has 0 amide bonds. The van der Waals surface area contributed by atoms with Crippen molar-refractivity contribution in [1.29, 1.82) is 0 Å². The minimum Gasteiger partial charge on any atom is -0.455 e. The average Bonchev–Trinajstić information content (AvgIpc) is 2.61. The highest BCUT2D eigenvalue weighted by Crippen LogP contribution is 2.21. The fourth-order valence-corrected chi connectivity index (χ4v) is 2.18. The molecule has 0 bridgehead atoms. The fraction of sp³-hybridized carbons (Fsp3) is 0.231. The van der Waals surface area contributed by atoms with Crippen LogP contribution >= 0.6 is 15.9 Å².